The number of amides is 1. The Labute approximate surface area is 144 Å². The van der Waals surface area contributed by atoms with Crippen LogP contribution in [-0.2, 0) is 11.3 Å². The summed E-state index contributed by atoms with van der Waals surface area (Å²) in [5, 5.41) is 3.92. The van der Waals surface area contributed by atoms with E-state index < -0.39 is 6.10 Å². The van der Waals surface area contributed by atoms with Gasteiger partial charge in [-0.15, -0.1) is 0 Å². The summed E-state index contributed by atoms with van der Waals surface area (Å²) >= 11 is 3.39. The van der Waals surface area contributed by atoms with E-state index in [4.69, 9.17) is 9.26 Å². The molecular formula is C17H21BrN2O3. The van der Waals surface area contributed by atoms with Crippen molar-refractivity contribution in [2.24, 2.45) is 5.92 Å². The Morgan fingerprint density at radius 2 is 2.00 bits per heavy atom. The molecule has 0 aliphatic rings. The summed E-state index contributed by atoms with van der Waals surface area (Å²) in [5.74, 6) is 1.37. The Bertz CT molecular complexity index is 652. The third kappa shape index (κ3) is 4.82. The second-order valence-electron chi connectivity index (χ2n) is 5.86. The summed E-state index contributed by atoms with van der Waals surface area (Å²) in [7, 11) is 1.74. The van der Waals surface area contributed by atoms with Crippen molar-refractivity contribution in [1.29, 1.82) is 0 Å². The second kappa shape index (κ2) is 7.64. The van der Waals surface area contributed by atoms with Crippen LogP contribution >= 0.6 is 15.9 Å². The van der Waals surface area contributed by atoms with Gasteiger partial charge < -0.3 is 14.2 Å². The molecule has 2 aromatic rings. The highest BCUT2D eigenvalue weighted by Gasteiger charge is 2.27. The number of carbonyl (C=O) groups is 1. The molecule has 6 heteroatoms. The first-order chi connectivity index (χ1) is 10.9. The Morgan fingerprint density at radius 1 is 1.35 bits per heavy atom. The van der Waals surface area contributed by atoms with E-state index in [9.17, 15) is 4.79 Å². The lowest BCUT2D eigenvalue weighted by Gasteiger charge is -2.26. The summed E-state index contributed by atoms with van der Waals surface area (Å²) in [6, 6.07) is 9.28. The Balaban J connectivity index is 2.06. The largest absolute Gasteiger partial charge is 0.480 e. The summed E-state index contributed by atoms with van der Waals surface area (Å²) in [6.45, 7) is 6.15. The molecule has 23 heavy (non-hydrogen) atoms. The van der Waals surface area contributed by atoms with E-state index in [1.54, 1.807) is 11.9 Å². The van der Waals surface area contributed by atoms with Crippen LogP contribution in [0.25, 0.3) is 0 Å². The maximum atomic E-state index is 12.7. The topological polar surface area (TPSA) is 55.6 Å². The standard InChI is InChI=1S/C17H21BrN2O3/c1-11(2)16(22-15-7-5-13(18)6-8-15)17(21)20(4)10-14-9-12(3)23-19-14/h5-9,11,16H,10H2,1-4H3. The van der Waals surface area contributed by atoms with Crippen LogP contribution in [-0.4, -0.2) is 29.1 Å². The monoisotopic (exact) mass is 380 g/mol. The van der Waals surface area contributed by atoms with Crippen LogP contribution in [0.2, 0.25) is 0 Å². The molecule has 0 radical (unpaired) electrons. The fraction of sp³-hybridized carbons (Fsp3) is 0.412. The maximum Gasteiger partial charge on any atom is 0.264 e. The van der Waals surface area contributed by atoms with Crippen LogP contribution in [0.15, 0.2) is 39.3 Å². The maximum absolute atomic E-state index is 12.7. The van der Waals surface area contributed by atoms with Crippen molar-refractivity contribution in [2.75, 3.05) is 7.05 Å². The molecule has 0 bridgehead atoms. The first-order valence-corrected chi connectivity index (χ1v) is 8.25. The van der Waals surface area contributed by atoms with Crippen molar-refractivity contribution in [1.82, 2.24) is 10.1 Å². The molecule has 1 atom stereocenters. The number of aromatic nitrogens is 1. The third-order valence-corrected chi connectivity index (χ3v) is 3.91. The van der Waals surface area contributed by atoms with Crippen LogP contribution in [0.3, 0.4) is 0 Å². The fourth-order valence-electron chi connectivity index (χ4n) is 2.16. The molecule has 0 fully saturated rings. The smallest absolute Gasteiger partial charge is 0.264 e. The predicted molar refractivity (Wildman–Crippen MR) is 91.1 cm³/mol. The Hall–Kier alpha value is -1.82. The van der Waals surface area contributed by atoms with Gasteiger partial charge in [-0.3, -0.25) is 4.79 Å². The molecule has 0 aliphatic heterocycles. The average Bonchev–Trinajstić information content (AvgIpc) is 2.90. The number of rotatable bonds is 6. The van der Waals surface area contributed by atoms with E-state index >= 15 is 0 Å². The number of benzene rings is 1. The lowest BCUT2D eigenvalue weighted by atomic mass is 10.1. The van der Waals surface area contributed by atoms with Crippen LogP contribution in [0.5, 0.6) is 5.75 Å². The van der Waals surface area contributed by atoms with Crippen molar-refractivity contribution in [3.8, 4) is 5.75 Å². The fourth-order valence-corrected chi connectivity index (χ4v) is 2.43. The van der Waals surface area contributed by atoms with Gasteiger partial charge in [0.05, 0.1) is 6.54 Å². The van der Waals surface area contributed by atoms with Gasteiger partial charge in [-0.25, -0.2) is 0 Å². The minimum absolute atomic E-state index is 0.0487. The van der Waals surface area contributed by atoms with Crippen LogP contribution in [0.4, 0.5) is 0 Å². The summed E-state index contributed by atoms with van der Waals surface area (Å²) in [4.78, 5) is 14.3. The van der Waals surface area contributed by atoms with Gasteiger partial charge in [0.2, 0.25) is 0 Å². The van der Waals surface area contributed by atoms with Crippen molar-refractivity contribution in [3.05, 3.63) is 46.3 Å². The Kier molecular flexibility index (Phi) is 5.82. The normalized spacial score (nSPS) is 12.3. The van der Waals surface area contributed by atoms with Crippen molar-refractivity contribution >= 4 is 21.8 Å². The summed E-state index contributed by atoms with van der Waals surface area (Å²) in [6.07, 6.45) is -0.547. The van der Waals surface area contributed by atoms with E-state index in [2.05, 4.69) is 21.1 Å². The van der Waals surface area contributed by atoms with E-state index in [1.807, 2.05) is 51.1 Å². The highest BCUT2D eigenvalue weighted by molar-refractivity contribution is 9.10. The predicted octanol–water partition coefficient (Wildman–Crippen LogP) is 3.81. The number of nitrogens with zero attached hydrogens (tertiary/aromatic N) is 2. The number of hydrogen-bond donors (Lipinski definition) is 0. The van der Waals surface area contributed by atoms with E-state index in [1.165, 1.54) is 0 Å². The number of aryl methyl sites for hydroxylation is 1. The van der Waals surface area contributed by atoms with Gasteiger partial charge in [0, 0.05) is 17.6 Å². The Morgan fingerprint density at radius 3 is 2.52 bits per heavy atom. The molecule has 5 nitrogen and oxygen atoms in total. The highest BCUT2D eigenvalue weighted by Crippen LogP contribution is 2.20. The number of hydrogen-bond acceptors (Lipinski definition) is 4. The first-order valence-electron chi connectivity index (χ1n) is 7.46. The van der Waals surface area contributed by atoms with Gasteiger partial charge >= 0.3 is 0 Å². The molecule has 1 aromatic carbocycles. The molecule has 0 N–H and O–H groups in total. The molecule has 1 unspecified atom stereocenters. The number of carbonyl (C=O) groups excluding carboxylic acids is 1. The SMILES string of the molecule is Cc1cc(CN(C)C(=O)C(Oc2ccc(Br)cc2)C(C)C)no1. The average molecular weight is 381 g/mol. The van der Waals surface area contributed by atoms with E-state index in [-0.39, 0.29) is 11.8 Å². The molecule has 2 rings (SSSR count). The zero-order valence-electron chi connectivity index (χ0n) is 13.7. The van der Waals surface area contributed by atoms with Crippen molar-refractivity contribution in [2.45, 2.75) is 33.4 Å². The van der Waals surface area contributed by atoms with Crippen LogP contribution in [0, 0.1) is 12.8 Å². The molecule has 0 saturated heterocycles. The van der Waals surface area contributed by atoms with Gasteiger partial charge in [0.15, 0.2) is 6.10 Å². The first kappa shape index (κ1) is 17.5. The zero-order chi connectivity index (χ0) is 17.0. The summed E-state index contributed by atoms with van der Waals surface area (Å²) in [5.41, 5.74) is 0.726. The molecule has 1 heterocycles. The van der Waals surface area contributed by atoms with Crippen LogP contribution < -0.4 is 4.74 Å². The van der Waals surface area contributed by atoms with E-state index in [0.717, 1.165) is 15.9 Å². The minimum Gasteiger partial charge on any atom is -0.480 e. The van der Waals surface area contributed by atoms with E-state index in [0.29, 0.717) is 12.3 Å². The quantitative estimate of drug-likeness (QED) is 0.764. The van der Waals surface area contributed by atoms with Crippen LogP contribution in [0.1, 0.15) is 25.3 Å². The number of halogens is 1. The highest BCUT2D eigenvalue weighted by atomic mass is 79.9. The number of ether oxygens (including phenoxy) is 1. The number of likely N-dealkylation sites (N-methyl/N-ethyl adjacent to an activating group) is 1. The molecule has 124 valence electrons. The third-order valence-electron chi connectivity index (χ3n) is 3.38. The molecule has 1 aromatic heterocycles. The van der Waals surface area contributed by atoms with Crippen molar-refractivity contribution < 1.29 is 14.1 Å². The lowest BCUT2D eigenvalue weighted by molar-refractivity contribution is -0.140. The lowest BCUT2D eigenvalue weighted by Crippen LogP contribution is -2.42. The van der Waals surface area contributed by atoms with Crippen molar-refractivity contribution in [3.63, 3.8) is 0 Å². The molecule has 0 aliphatic carbocycles. The summed E-state index contributed by atoms with van der Waals surface area (Å²) < 4.78 is 11.9. The zero-order valence-corrected chi connectivity index (χ0v) is 15.3. The van der Waals surface area contributed by atoms with Gasteiger partial charge in [-0.1, -0.05) is 34.9 Å². The van der Waals surface area contributed by atoms with Gasteiger partial charge in [-0.2, -0.15) is 0 Å². The molecule has 1 amide bonds. The van der Waals surface area contributed by atoms with Gasteiger partial charge in [0.25, 0.3) is 5.91 Å². The molecular weight excluding hydrogens is 360 g/mol. The minimum atomic E-state index is -0.547. The van der Waals surface area contributed by atoms with Gasteiger partial charge in [-0.05, 0) is 37.1 Å². The second-order valence-corrected chi connectivity index (χ2v) is 6.78. The molecule has 0 saturated carbocycles. The molecule has 0 spiro atoms. The van der Waals surface area contributed by atoms with Gasteiger partial charge in [0.1, 0.15) is 17.2 Å².